The highest BCUT2D eigenvalue weighted by Crippen LogP contribution is 2.24. The lowest BCUT2D eigenvalue weighted by molar-refractivity contribution is 0.312. The van der Waals surface area contributed by atoms with Crippen LogP contribution in [0.3, 0.4) is 0 Å². The maximum absolute atomic E-state index is 13.8. The molecule has 0 amide bonds. The highest BCUT2D eigenvalue weighted by molar-refractivity contribution is 5.56. The Bertz CT molecular complexity index is 745. The molecule has 2 heterocycles. The number of hydrogen-bond acceptors (Lipinski definition) is 5. The summed E-state index contributed by atoms with van der Waals surface area (Å²) in [6, 6.07) is 3.82. The molecule has 0 atom stereocenters. The van der Waals surface area contributed by atoms with Gasteiger partial charge in [-0.2, -0.15) is 4.98 Å². The number of halogens is 3. The zero-order valence-electron chi connectivity index (χ0n) is 13.5. The quantitative estimate of drug-likeness (QED) is 0.873. The van der Waals surface area contributed by atoms with Crippen LogP contribution in [-0.2, 0) is 0 Å². The Morgan fingerprint density at radius 3 is 2.42 bits per heavy atom. The molecule has 0 bridgehead atoms. The Balaban J connectivity index is 1.85. The van der Waals surface area contributed by atoms with Crippen molar-refractivity contribution in [1.29, 1.82) is 0 Å². The fourth-order valence-corrected chi connectivity index (χ4v) is 2.55. The molecule has 2 aromatic rings. The fraction of sp³-hybridized carbons (Fsp3) is 0.375. The second-order valence-electron chi connectivity index (χ2n) is 5.83. The number of anilines is 3. The van der Waals surface area contributed by atoms with Crippen LogP contribution >= 0.6 is 0 Å². The van der Waals surface area contributed by atoms with Gasteiger partial charge in [-0.15, -0.1) is 0 Å². The Hall–Kier alpha value is -2.35. The number of rotatable bonds is 3. The number of nitrogens with zero attached hydrogens (tertiary/aromatic N) is 4. The van der Waals surface area contributed by atoms with E-state index in [1.165, 1.54) is 0 Å². The fourth-order valence-electron chi connectivity index (χ4n) is 2.55. The van der Waals surface area contributed by atoms with E-state index in [0.717, 1.165) is 44.1 Å². The molecule has 24 heavy (non-hydrogen) atoms. The Morgan fingerprint density at radius 1 is 1.00 bits per heavy atom. The molecule has 1 aromatic heterocycles. The third kappa shape index (κ3) is 3.43. The molecule has 1 N–H and O–H groups in total. The molecule has 5 nitrogen and oxygen atoms in total. The smallest absolute Gasteiger partial charge is 0.229 e. The lowest BCUT2D eigenvalue weighted by Gasteiger charge is -2.33. The third-order valence-corrected chi connectivity index (χ3v) is 3.95. The number of likely N-dealkylation sites (N-methyl/N-ethyl adjacent to an activating group) is 1. The highest BCUT2D eigenvalue weighted by atomic mass is 19.2. The molecular formula is C16H18F3N5. The Kier molecular flexibility index (Phi) is 4.57. The van der Waals surface area contributed by atoms with Crippen LogP contribution in [0.4, 0.5) is 30.6 Å². The van der Waals surface area contributed by atoms with Gasteiger partial charge in [-0.3, -0.25) is 0 Å². The number of nitrogens with one attached hydrogen (secondary N) is 1. The van der Waals surface area contributed by atoms with Crippen molar-refractivity contribution >= 4 is 17.5 Å². The first kappa shape index (κ1) is 16.5. The van der Waals surface area contributed by atoms with Gasteiger partial charge < -0.3 is 15.1 Å². The lowest BCUT2D eigenvalue weighted by Crippen LogP contribution is -2.44. The van der Waals surface area contributed by atoms with Crippen molar-refractivity contribution < 1.29 is 13.2 Å². The molecular weight excluding hydrogens is 319 g/mol. The summed E-state index contributed by atoms with van der Waals surface area (Å²) in [5.74, 6) is -3.18. The van der Waals surface area contributed by atoms with Gasteiger partial charge >= 0.3 is 0 Å². The number of aromatic nitrogens is 2. The number of hydrogen-bond donors (Lipinski definition) is 1. The molecule has 1 aliphatic heterocycles. The predicted octanol–water partition coefficient (Wildman–Crippen LogP) is 2.70. The minimum atomic E-state index is -1.52. The minimum Gasteiger partial charge on any atom is -0.354 e. The summed E-state index contributed by atoms with van der Waals surface area (Å²) in [7, 11) is 2.06. The molecule has 0 radical (unpaired) electrons. The SMILES string of the molecule is Cc1cc(N2CCN(C)CC2)nc(Nc2ccc(F)c(F)c2F)n1. The van der Waals surface area contributed by atoms with Crippen molar-refractivity contribution in [1.82, 2.24) is 14.9 Å². The summed E-state index contributed by atoms with van der Waals surface area (Å²) in [5, 5.41) is 2.63. The number of aryl methyl sites for hydroxylation is 1. The van der Waals surface area contributed by atoms with E-state index in [0.29, 0.717) is 5.69 Å². The molecule has 0 unspecified atom stereocenters. The summed E-state index contributed by atoms with van der Waals surface area (Å²) >= 11 is 0. The first-order valence-corrected chi connectivity index (χ1v) is 7.64. The molecule has 1 aromatic carbocycles. The van der Waals surface area contributed by atoms with Crippen molar-refractivity contribution in [3.8, 4) is 0 Å². The largest absolute Gasteiger partial charge is 0.354 e. The van der Waals surface area contributed by atoms with E-state index in [1.807, 2.05) is 6.07 Å². The van der Waals surface area contributed by atoms with E-state index < -0.39 is 17.5 Å². The molecule has 0 aliphatic carbocycles. The monoisotopic (exact) mass is 337 g/mol. The zero-order valence-corrected chi connectivity index (χ0v) is 13.5. The van der Waals surface area contributed by atoms with Crippen LogP contribution in [0.25, 0.3) is 0 Å². The van der Waals surface area contributed by atoms with Gasteiger partial charge in [-0.05, 0) is 26.1 Å². The first-order valence-electron chi connectivity index (χ1n) is 7.64. The minimum absolute atomic E-state index is 0.147. The van der Waals surface area contributed by atoms with E-state index >= 15 is 0 Å². The van der Waals surface area contributed by atoms with Gasteiger partial charge in [0.05, 0.1) is 5.69 Å². The molecule has 8 heteroatoms. The van der Waals surface area contributed by atoms with E-state index in [1.54, 1.807) is 6.92 Å². The number of benzene rings is 1. The van der Waals surface area contributed by atoms with Gasteiger partial charge in [-0.25, -0.2) is 18.2 Å². The predicted molar refractivity (Wildman–Crippen MR) is 86.1 cm³/mol. The maximum Gasteiger partial charge on any atom is 0.229 e. The Morgan fingerprint density at radius 2 is 1.71 bits per heavy atom. The molecule has 1 fully saturated rings. The second-order valence-corrected chi connectivity index (χ2v) is 5.83. The van der Waals surface area contributed by atoms with Crippen molar-refractivity contribution in [3.63, 3.8) is 0 Å². The van der Waals surface area contributed by atoms with Gasteiger partial charge in [-0.1, -0.05) is 0 Å². The van der Waals surface area contributed by atoms with Gasteiger partial charge in [0, 0.05) is 37.9 Å². The average molecular weight is 337 g/mol. The summed E-state index contributed by atoms with van der Waals surface area (Å²) < 4.78 is 40.2. The highest BCUT2D eigenvalue weighted by Gasteiger charge is 2.18. The van der Waals surface area contributed by atoms with Crippen LogP contribution in [0.1, 0.15) is 5.69 Å². The second kappa shape index (κ2) is 6.64. The summed E-state index contributed by atoms with van der Waals surface area (Å²) in [5.41, 5.74) is 0.494. The first-order chi connectivity index (χ1) is 11.4. The van der Waals surface area contributed by atoms with Gasteiger partial charge in [0.2, 0.25) is 5.95 Å². The van der Waals surface area contributed by atoms with Crippen LogP contribution in [0.5, 0.6) is 0 Å². The maximum atomic E-state index is 13.8. The average Bonchev–Trinajstić information content (AvgIpc) is 2.55. The van der Waals surface area contributed by atoms with Crippen molar-refractivity contribution in [2.24, 2.45) is 0 Å². The van der Waals surface area contributed by atoms with Crippen LogP contribution in [-0.4, -0.2) is 48.1 Å². The third-order valence-electron chi connectivity index (χ3n) is 3.95. The van der Waals surface area contributed by atoms with Crippen LogP contribution in [0.15, 0.2) is 18.2 Å². The van der Waals surface area contributed by atoms with Crippen molar-refractivity contribution in [2.45, 2.75) is 6.92 Å². The summed E-state index contributed by atoms with van der Waals surface area (Å²) in [4.78, 5) is 12.9. The molecule has 0 spiro atoms. The summed E-state index contributed by atoms with van der Waals surface area (Å²) in [6.45, 7) is 5.29. The lowest BCUT2D eigenvalue weighted by atomic mass is 10.3. The molecule has 1 saturated heterocycles. The van der Waals surface area contributed by atoms with Gasteiger partial charge in [0.25, 0.3) is 0 Å². The van der Waals surface area contributed by atoms with Crippen molar-refractivity contribution in [3.05, 3.63) is 41.3 Å². The number of piperazine rings is 1. The van der Waals surface area contributed by atoms with Gasteiger partial charge in [0.1, 0.15) is 5.82 Å². The Labute approximate surface area is 138 Å². The zero-order chi connectivity index (χ0) is 17.3. The van der Waals surface area contributed by atoms with Crippen LogP contribution < -0.4 is 10.2 Å². The van der Waals surface area contributed by atoms with Gasteiger partial charge in [0.15, 0.2) is 17.5 Å². The van der Waals surface area contributed by atoms with Crippen LogP contribution in [0, 0.1) is 24.4 Å². The normalized spacial score (nSPS) is 15.6. The van der Waals surface area contributed by atoms with E-state index in [2.05, 4.69) is 32.1 Å². The standard InChI is InChI=1S/C16H18F3N5/c1-10-9-13(24-7-5-23(2)6-8-24)22-16(20-10)21-12-4-3-11(17)14(18)15(12)19/h3-4,9H,5-8H2,1-2H3,(H,20,21,22). The van der Waals surface area contributed by atoms with E-state index in [-0.39, 0.29) is 11.6 Å². The molecule has 0 saturated carbocycles. The van der Waals surface area contributed by atoms with Crippen molar-refractivity contribution in [2.75, 3.05) is 43.4 Å². The molecule has 128 valence electrons. The van der Waals surface area contributed by atoms with E-state index in [9.17, 15) is 13.2 Å². The summed E-state index contributed by atoms with van der Waals surface area (Å²) in [6.07, 6.45) is 0. The molecule has 3 rings (SSSR count). The topological polar surface area (TPSA) is 44.3 Å². The van der Waals surface area contributed by atoms with Crippen LogP contribution in [0.2, 0.25) is 0 Å². The molecule has 1 aliphatic rings. The van der Waals surface area contributed by atoms with E-state index in [4.69, 9.17) is 0 Å².